The van der Waals surface area contributed by atoms with Crippen LogP contribution in [0.1, 0.15) is 19.3 Å². The summed E-state index contributed by atoms with van der Waals surface area (Å²) in [7, 11) is -3.40. The highest BCUT2D eigenvalue weighted by Gasteiger charge is 2.31. The van der Waals surface area contributed by atoms with E-state index in [-0.39, 0.29) is 11.9 Å². The Kier molecular flexibility index (Phi) is 4.14. The van der Waals surface area contributed by atoms with Crippen LogP contribution >= 0.6 is 0 Å². The van der Waals surface area contributed by atoms with Crippen molar-refractivity contribution in [1.82, 2.24) is 9.03 Å². The van der Waals surface area contributed by atoms with Crippen LogP contribution in [0, 0.1) is 5.82 Å². The first kappa shape index (κ1) is 14.7. The number of hydrogen-bond acceptors (Lipinski definition) is 3. The van der Waals surface area contributed by atoms with Crippen LogP contribution in [0.15, 0.2) is 24.3 Å². The molecule has 1 aromatic carbocycles. The van der Waals surface area contributed by atoms with Crippen molar-refractivity contribution in [3.63, 3.8) is 0 Å². The first-order valence-corrected chi connectivity index (χ1v) is 8.77. The van der Waals surface area contributed by atoms with E-state index in [4.69, 9.17) is 0 Å². The van der Waals surface area contributed by atoms with Crippen LogP contribution in [0.2, 0.25) is 0 Å². The van der Waals surface area contributed by atoms with Crippen LogP contribution in [0.25, 0.3) is 0 Å². The highest BCUT2D eigenvalue weighted by Crippen LogP contribution is 2.24. The maximum absolute atomic E-state index is 13.8. The first-order valence-electron chi connectivity index (χ1n) is 7.33. The maximum Gasteiger partial charge on any atom is 0.279 e. The monoisotopic (exact) mass is 313 g/mol. The lowest BCUT2D eigenvalue weighted by molar-refractivity contribution is 0.455. The lowest BCUT2D eigenvalue weighted by atomic mass is 10.3. The maximum atomic E-state index is 13.8. The van der Waals surface area contributed by atoms with E-state index in [1.165, 1.54) is 10.4 Å². The Balaban J connectivity index is 1.64. The minimum Gasteiger partial charge on any atom is -0.368 e. The number of anilines is 1. The van der Waals surface area contributed by atoms with E-state index in [0.29, 0.717) is 38.3 Å². The quantitative estimate of drug-likeness (QED) is 0.912. The zero-order valence-corrected chi connectivity index (χ0v) is 12.7. The van der Waals surface area contributed by atoms with Crippen LogP contribution in [0.5, 0.6) is 0 Å². The van der Waals surface area contributed by atoms with Crippen LogP contribution < -0.4 is 9.62 Å². The molecule has 116 valence electrons. The Hall–Kier alpha value is -1.18. The van der Waals surface area contributed by atoms with Gasteiger partial charge in [-0.1, -0.05) is 12.1 Å². The topological polar surface area (TPSA) is 52.7 Å². The summed E-state index contributed by atoms with van der Waals surface area (Å²) in [6.45, 7) is 2.36. The first-order chi connectivity index (χ1) is 10.1. The SMILES string of the molecule is O=S(=O)(NC1CCN(c2ccccc2F)C1)N1CCCC1. The van der Waals surface area contributed by atoms with Crippen molar-refractivity contribution in [3.05, 3.63) is 30.1 Å². The van der Waals surface area contributed by atoms with Crippen molar-refractivity contribution in [3.8, 4) is 0 Å². The molecule has 21 heavy (non-hydrogen) atoms. The molecule has 2 aliphatic heterocycles. The van der Waals surface area contributed by atoms with Crippen molar-refractivity contribution in [1.29, 1.82) is 0 Å². The van der Waals surface area contributed by atoms with E-state index in [0.717, 1.165) is 12.8 Å². The van der Waals surface area contributed by atoms with Gasteiger partial charge in [0.05, 0.1) is 5.69 Å². The summed E-state index contributed by atoms with van der Waals surface area (Å²) in [4.78, 5) is 1.90. The lowest BCUT2D eigenvalue weighted by Crippen LogP contribution is -2.45. The van der Waals surface area contributed by atoms with E-state index >= 15 is 0 Å². The molecule has 2 saturated heterocycles. The largest absolute Gasteiger partial charge is 0.368 e. The molecule has 0 radical (unpaired) electrons. The van der Waals surface area contributed by atoms with E-state index in [9.17, 15) is 12.8 Å². The molecule has 3 rings (SSSR count). The molecular formula is C14H20FN3O2S. The molecule has 2 heterocycles. The molecule has 1 aromatic rings. The number of para-hydroxylation sites is 1. The number of rotatable bonds is 4. The third kappa shape index (κ3) is 3.20. The van der Waals surface area contributed by atoms with E-state index in [2.05, 4.69) is 4.72 Å². The zero-order chi connectivity index (χ0) is 14.9. The summed E-state index contributed by atoms with van der Waals surface area (Å²) in [5, 5.41) is 0. The molecule has 0 spiro atoms. The normalized spacial score (nSPS) is 23.9. The van der Waals surface area contributed by atoms with Gasteiger partial charge in [0.25, 0.3) is 10.2 Å². The van der Waals surface area contributed by atoms with Gasteiger partial charge in [-0.25, -0.2) is 4.39 Å². The van der Waals surface area contributed by atoms with Gasteiger partial charge in [0.15, 0.2) is 0 Å². The molecule has 2 fully saturated rings. The van der Waals surface area contributed by atoms with Crippen molar-refractivity contribution >= 4 is 15.9 Å². The lowest BCUT2D eigenvalue weighted by Gasteiger charge is -2.21. The summed E-state index contributed by atoms with van der Waals surface area (Å²) in [6, 6.07) is 6.45. The predicted octanol–water partition coefficient (Wildman–Crippen LogP) is 1.33. The van der Waals surface area contributed by atoms with Crippen LogP contribution in [-0.4, -0.2) is 44.9 Å². The van der Waals surface area contributed by atoms with E-state index in [1.54, 1.807) is 18.2 Å². The number of hydrogen-bond donors (Lipinski definition) is 1. The van der Waals surface area contributed by atoms with Crippen molar-refractivity contribution < 1.29 is 12.8 Å². The standard InChI is InChI=1S/C14H20FN3O2S/c15-13-5-1-2-6-14(13)17-10-7-12(11-17)16-21(19,20)18-8-3-4-9-18/h1-2,5-6,12,16H,3-4,7-11H2. The average molecular weight is 313 g/mol. The highest BCUT2D eigenvalue weighted by atomic mass is 32.2. The Morgan fingerprint density at radius 1 is 1.14 bits per heavy atom. The number of nitrogens with zero attached hydrogens (tertiary/aromatic N) is 2. The Bertz CT molecular complexity index is 602. The molecule has 5 nitrogen and oxygen atoms in total. The smallest absolute Gasteiger partial charge is 0.279 e. The summed E-state index contributed by atoms with van der Waals surface area (Å²) in [6.07, 6.45) is 2.54. The molecule has 0 saturated carbocycles. The second kappa shape index (κ2) is 5.90. The third-order valence-electron chi connectivity index (χ3n) is 4.10. The third-order valence-corrected chi connectivity index (χ3v) is 5.78. The van der Waals surface area contributed by atoms with Crippen molar-refractivity contribution in [2.24, 2.45) is 0 Å². The second-order valence-corrected chi connectivity index (χ2v) is 7.31. The summed E-state index contributed by atoms with van der Waals surface area (Å²) < 4.78 is 42.5. The fourth-order valence-corrected chi connectivity index (χ4v) is 4.50. The fraction of sp³-hybridized carbons (Fsp3) is 0.571. The van der Waals surface area contributed by atoms with Crippen LogP contribution in [-0.2, 0) is 10.2 Å². The molecule has 0 bridgehead atoms. The zero-order valence-electron chi connectivity index (χ0n) is 11.8. The molecule has 0 aromatic heterocycles. The van der Waals surface area contributed by atoms with Crippen molar-refractivity contribution in [2.75, 3.05) is 31.1 Å². The van der Waals surface area contributed by atoms with Gasteiger partial charge in [-0.15, -0.1) is 0 Å². The molecule has 2 aliphatic rings. The van der Waals surface area contributed by atoms with E-state index < -0.39 is 10.2 Å². The number of halogens is 1. The van der Waals surface area contributed by atoms with Gasteiger partial charge in [-0.3, -0.25) is 0 Å². The molecule has 1 atom stereocenters. The molecular weight excluding hydrogens is 293 g/mol. The van der Waals surface area contributed by atoms with Gasteiger partial charge in [0, 0.05) is 32.2 Å². The second-order valence-electron chi connectivity index (χ2n) is 5.61. The molecule has 7 heteroatoms. The Morgan fingerprint density at radius 3 is 2.57 bits per heavy atom. The molecule has 1 N–H and O–H groups in total. The summed E-state index contributed by atoms with van der Waals surface area (Å²) in [5.41, 5.74) is 0.542. The van der Waals surface area contributed by atoms with Gasteiger partial charge >= 0.3 is 0 Å². The minimum atomic E-state index is -3.40. The average Bonchev–Trinajstić information content (AvgIpc) is 3.10. The Labute approximate surface area is 124 Å². The van der Waals surface area contributed by atoms with Crippen molar-refractivity contribution in [2.45, 2.75) is 25.3 Å². The molecule has 0 amide bonds. The van der Waals surface area contributed by atoms with Gasteiger partial charge in [-0.2, -0.15) is 17.4 Å². The van der Waals surface area contributed by atoms with Gasteiger partial charge in [0.1, 0.15) is 5.82 Å². The predicted molar refractivity (Wildman–Crippen MR) is 79.9 cm³/mol. The van der Waals surface area contributed by atoms with E-state index in [1.807, 2.05) is 4.90 Å². The number of benzene rings is 1. The van der Waals surface area contributed by atoms with Gasteiger partial charge in [0.2, 0.25) is 0 Å². The molecule has 1 unspecified atom stereocenters. The number of nitrogens with one attached hydrogen (secondary N) is 1. The fourth-order valence-electron chi connectivity index (χ4n) is 3.00. The summed E-state index contributed by atoms with van der Waals surface area (Å²) >= 11 is 0. The Morgan fingerprint density at radius 2 is 1.86 bits per heavy atom. The van der Waals surface area contributed by atoms with Crippen LogP contribution in [0.4, 0.5) is 10.1 Å². The van der Waals surface area contributed by atoms with Gasteiger partial charge in [-0.05, 0) is 31.4 Å². The highest BCUT2D eigenvalue weighted by molar-refractivity contribution is 7.87. The minimum absolute atomic E-state index is 0.157. The summed E-state index contributed by atoms with van der Waals surface area (Å²) in [5.74, 6) is -0.263. The van der Waals surface area contributed by atoms with Crippen LogP contribution in [0.3, 0.4) is 0 Å². The molecule has 0 aliphatic carbocycles. The van der Waals surface area contributed by atoms with Gasteiger partial charge < -0.3 is 4.90 Å².